The molecule has 0 aliphatic heterocycles. The Bertz CT molecular complexity index is 398. The number of aliphatic carboxylic acids is 1. The number of hydrogen-bond donors (Lipinski definition) is 2. The Labute approximate surface area is 93.3 Å². The van der Waals surface area contributed by atoms with Crippen LogP contribution >= 0.6 is 0 Å². The highest BCUT2D eigenvalue weighted by molar-refractivity contribution is 5.93. The Balaban J connectivity index is 2.79. The van der Waals surface area contributed by atoms with E-state index in [1.165, 1.54) is 24.0 Å². The van der Waals surface area contributed by atoms with E-state index >= 15 is 0 Å². The molecule has 0 radical (unpaired) electrons. The van der Waals surface area contributed by atoms with Crippen LogP contribution in [0.5, 0.6) is 0 Å². The predicted molar refractivity (Wildman–Crippen MR) is 57.2 cm³/mol. The molecule has 0 saturated carbocycles. The normalized spacial score (nSPS) is 12.5. The van der Waals surface area contributed by atoms with E-state index < -0.39 is 12.0 Å². The molecule has 16 heavy (non-hydrogen) atoms. The van der Waals surface area contributed by atoms with Gasteiger partial charge in [-0.05, 0) is 20.8 Å². The Kier molecular flexibility index (Phi) is 3.65. The van der Waals surface area contributed by atoms with Crippen LogP contribution in [0.2, 0.25) is 0 Å². The second-order valence-corrected chi connectivity index (χ2v) is 3.85. The average Bonchev–Trinajstić information content (AvgIpc) is 2.63. The fourth-order valence-electron chi connectivity index (χ4n) is 1.13. The molecule has 88 valence electrons. The largest absolute Gasteiger partial charge is 0.480 e. The third-order valence-corrected chi connectivity index (χ3v) is 2.04. The van der Waals surface area contributed by atoms with Crippen molar-refractivity contribution < 1.29 is 14.7 Å². The van der Waals surface area contributed by atoms with E-state index in [9.17, 15) is 9.59 Å². The number of aromatic nitrogens is 2. The van der Waals surface area contributed by atoms with Gasteiger partial charge in [0, 0.05) is 12.2 Å². The number of carboxylic acid groups (broad SMARTS) is 1. The van der Waals surface area contributed by atoms with E-state index in [0.29, 0.717) is 5.56 Å². The molecule has 1 rings (SSSR count). The van der Waals surface area contributed by atoms with Crippen molar-refractivity contribution in [3.63, 3.8) is 0 Å². The molecule has 6 nitrogen and oxygen atoms in total. The van der Waals surface area contributed by atoms with Crippen LogP contribution in [0, 0.1) is 0 Å². The van der Waals surface area contributed by atoms with Gasteiger partial charge in [-0.2, -0.15) is 5.10 Å². The van der Waals surface area contributed by atoms with Crippen molar-refractivity contribution in [3.8, 4) is 0 Å². The molecule has 6 heteroatoms. The van der Waals surface area contributed by atoms with Crippen LogP contribution in [-0.4, -0.2) is 32.8 Å². The van der Waals surface area contributed by atoms with Crippen LogP contribution in [0.15, 0.2) is 12.4 Å². The number of carbonyl (C=O) groups is 2. The van der Waals surface area contributed by atoms with Crippen molar-refractivity contribution in [2.45, 2.75) is 32.9 Å². The lowest BCUT2D eigenvalue weighted by Gasteiger charge is -2.07. The predicted octanol–water partition coefficient (Wildman–Crippen LogP) is 0.667. The van der Waals surface area contributed by atoms with Crippen LogP contribution in [0.25, 0.3) is 0 Å². The summed E-state index contributed by atoms with van der Waals surface area (Å²) in [5.41, 5.74) is 0.363. The molecule has 0 spiro atoms. The van der Waals surface area contributed by atoms with E-state index in [4.69, 9.17) is 5.11 Å². The van der Waals surface area contributed by atoms with Gasteiger partial charge in [-0.25, -0.2) is 4.79 Å². The van der Waals surface area contributed by atoms with Crippen LogP contribution < -0.4 is 5.32 Å². The first-order chi connectivity index (χ1) is 7.41. The zero-order valence-corrected chi connectivity index (χ0v) is 9.47. The summed E-state index contributed by atoms with van der Waals surface area (Å²) in [6.07, 6.45) is 2.79. The van der Waals surface area contributed by atoms with Gasteiger partial charge in [0.05, 0.1) is 11.8 Å². The maximum Gasteiger partial charge on any atom is 0.328 e. The molecule has 1 amide bonds. The summed E-state index contributed by atoms with van der Waals surface area (Å²) in [5, 5.41) is 15.3. The molecule has 1 heterocycles. The number of carbonyl (C=O) groups excluding carboxylic acids is 1. The van der Waals surface area contributed by atoms with Gasteiger partial charge in [0.25, 0.3) is 5.91 Å². The standard InChI is InChI=1S/C10H15N3O3/c1-6(2)12-9(14)8-4-11-13(5-8)7(3)10(15)16/h4-7H,1-3H3,(H,12,14)(H,15,16). The summed E-state index contributed by atoms with van der Waals surface area (Å²) < 4.78 is 1.25. The lowest BCUT2D eigenvalue weighted by atomic mass is 10.3. The number of amides is 1. The number of hydrogen-bond acceptors (Lipinski definition) is 3. The second-order valence-electron chi connectivity index (χ2n) is 3.85. The van der Waals surface area contributed by atoms with Gasteiger partial charge >= 0.3 is 5.97 Å². The highest BCUT2D eigenvalue weighted by Crippen LogP contribution is 2.06. The topological polar surface area (TPSA) is 84.2 Å². The van der Waals surface area contributed by atoms with E-state index in [1.807, 2.05) is 13.8 Å². The van der Waals surface area contributed by atoms with Crippen molar-refractivity contribution >= 4 is 11.9 Å². The van der Waals surface area contributed by atoms with Gasteiger partial charge < -0.3 is 10.4 Å². The minimum Gasteiger partial charge on any atom is -0.480 e. The SMILES string of the molecule is CC(C)NC(=O)c1cnn(C(C)C(=O)O)c1. The summed E-state index contributed by atoms with van der Waals surface area (Å²) in [7, 11) is 0. The fourth-order valence-corrected chi connectivity index (χ4v) is 1.13. The van der Waals surface area contributed by atoms with Gasteiger partial charge in [0.1, 0.15) is 6.04 Å². The molecule has 1 atom stereocenters. The lowest BCUT2D eigenvalue weighted by Crippen LogP contribution is -2.29. The molecule has 0 fully saturated rings. The smallest absolute Gasteiger partial charge is 0.328 e. The summed E-state index contributed by atoms with van der Waals surface area (Å²) >= 11 is 0. The van der Waals surface area contributed by atoms with Crippen molar-refractivity contribution in [1.82, 2.24) is 15.1 Å². The highest BCUT2D eigenvalue weighted by Gasteiger charge is 2.16. The average molecular weight is 225 g/mol. The third kappa shape index (κ3) is 2.82. The van der Waals surface area contributed by atoms with Gasteiger partial charge in [-0.3, -0.25) is 9.48 Å². The number of nitrogens with one attached hydrogen (secondary N) is 1. The summed E-state index contributed by atoms with van der Waals surface area (Å²) in [5.74, 6) is -1.24. The zero-order chi connectivity index (χ0) is 12.3. The van der Waals surface area contributed by atoms with Gasteiger partial charge in [0.15, 0.2) is 0 Å². The van der Waals surface area contributed by atoms with Crippen LogP contribution in [-0.2, 0) is 4.79 Å². The zero-order valence-electron chi connectivity index (χ0n) is 9.47. The maximum atomic E-state index is 11.5. The van der Waals surface area contributed by atoms with Gasteiger partial charge in [-0.1, -0.05) is 0 Å². The monoisotopic (exact) mass is 225 g/mol. The number of carboxylic acids is 1. The van der Waals surface area contributed by atoms with Gasteiger partial charge in [0.2, 0.25) is 0 Å². The molecule has 0 aromatic carbocycles. The van der Waals surface area contributed by atoms with E-state index in [1.54, 1.807) is 0 Å². The summed E-state index contributed by atoms with van der Waals surface area (Å²) in [6, 6.07) is -0.742. The number of nitrogens with zero attached hydrogens (tertiary/aromatic N) is 2. The Morgan fingerprint density at radius 2 is 2.06 bits per heavy atom. The molecule has 1 aromatic rings. The minimum absolute atomic E-state index is 0.0350. The molecular weight excluding hydrogens is 210 g/mol. The molecule has 1 unspecified atom stereocenters. The first-order valence-electron chi connectivity index (χ1n) is 4.99. The number of rotatable bonds is 4. The van der Waals surface area contributed by atoms with Crippen molar-refractivity contribution in [2.75, 3.05) is 0 Å². The Morgan fingerprint density at radius 1 is 1.44 bits per heavy atom. The third-order valence-electron chi connectivity index (χ3n) is 2.04. The van der Waals surface area contributed by atoms with Gasteiger partial charge in [-0.15, -0.1) is 0 Å². The Morgan fingerprint density at radius 3 is 2.56 bits per heavy atom. The van der Waals surface area contributed by atoms with E-state index in [0.717, 1.165) is 0 Å². The van der Waals surface area contributed by atoms with Crippen LogP contribution in [0.4, 0.5) is 0 Å². The fraction of sp³-hybridized carbons (Fsp3) is 0.500. The lowest BCUT2D eigenvalue weighted by molar-refractivity contribution is -0.140. The highest BCUT2D eigenvalue weighted by atomic mass is 16.4. The molecule has 1 aromatic heterocycles. The maximum absolute atomic E-state index is 11.5. The molecule has 0 bridgehead atoms. The van der Waals surface area contributed by atoms with Crippen LogP contribution in [0.3, 0.4) is 0 Å². The van der Waals surface area contributed by atoms with Crippen molar-refractivity contribution in [3.05, 3.63) is 18.0 Å². The quantitative estimate of drug-likeness (QED) is 0.788. The minimum atomic E-state index is -0.987. The van der Waals surface area contributed by atoms with E-state index in [2.05, 4.69) is 10.4 Å². The first kappa shape index (κ1) is 12.2. The molecule has 2 N–H and O–H groups in total. The molecular formula is C10H15N3O3. The van der Waals surface area contributed by atoms with Crippen LogP contribution in [0.1, 0.15) is 37.2 Å². The molecule has 0 aliphatic carbocycles. The summed E-state index contributed by atoms with van der Waals surface area (Å²) in [6.45, 7) is 5.20. The van der Waals surface area contributed by atoms with Crippen molar-refractivity contribution in [1.29, 1.82) is 0 Å². The van der Waals surface area contributed by atoms with Crippen molar-refractivity contribution in [2.24, 2.45) is 0 Å². The summed E-state index contributed by atoms with van der Waals surface area (Å²) in [4.78, 5) is 22.2. The Hall–Kier alpha value is -1.85. The molecule has 0 aliphatic rings. The second kappa shape index (κ2) is 4.78. The molecule has 0 saturated heterocycles. The van der Waals surface area contributed by atoms with E-state index in [-0.39, 0.29) is 11.9 Å². The first-order valence-corrected chi connectivity index (χ1v) is 4.99.